The number of rotatable bonds is 9. The standard InChI is InChI=1S/C30H35NO4/c1-5-8-12-20(11-6-2)27-24-17-15-21(29(32)34-4)16-18-25(24)31-26(30(33)35-7-3)19-22-13-9-10-14-23(22)28(27)31/h9-10,13-15,17-20H,5-8,11-12,16H2,1-4H3. The molecule has 2 aromatic heterocycles. The quantitative estimate of drug-likeness (QED) is 0.390. The Morgan fingerprint density at radius 1 is 1.03 bits per heavy atom. The Morgan fingerprint density at radius 3 is 2.54 bits per heavy atom. The highest BCUT2D eigenvalue weighted by atomic mass is 16.5. The molecular weight excluding hydrogens is 438 g/mol. The lowest BCUT2D eigenvalue weighted by Gasteiger charge is -2.18. The van der Waals surface area contributed by atoms with Crippen LogP contribution in [0.15, 0.2) is 42.0 Å². The molecule has 3 aromatic rings. The first kappa shape index (κ1) is 24.8. The van der Waals surface area contributed by atoms with E-state index in [4.69, 9.17) is 9.47 Å². The zero-order chi connectivity index (χ0) is 24.9. The molecule has 1 atom stereocenters. The molecule has 0 amide bonds. The summed E-state index contributed by atoms with van der Waals surface area (Å²) in [6, 6.07) is 10.2. The lowest BCUT2D eigenvalue weighted by Crippen LogP contribution is -2.30. The molecule has 5 heteroatoms. The molecule has 1 aliphatic rings. The topological polar surface area (TPSA) is 57.0 Å². The smallest absolute Gasteiger partial charge is 0.355 e. The molecule has 0 spiro atoms. The van der Waals surface area contributed by atoms with Gasteiger partial charge in [0.1, 0.15) is 5.69 Å². The highest BCUT2D eigenvalue weighted by molar-refractivity contribution is 6.03. The summed E-state index contributed by atoms with van der Waals surface area (Å²) < 4.78 is 12.6. The number of aromatic nitrogens is 1. The van der Waals surface area contributed by atoms with Gasteiger partial charge < -0.3 is 13.9 Å². The van der Waals surface area contributed by atoms with Gasteiger partial charge in [0, 0.05) is 16.2 Å². The summed E-state index contributed by atoms with van der Waals surface area (Å²) in [5, 5.41) is 4.17. The first-order valence-corrected chi connectivity index (χ1v) is 12.8. The number of nitrogens with zero attached hydrogens (tertiary/aromatic N) is 1. The number of carbonyl (C=O) groups is 2. The maximum atomic E-state index is 13.2. The number of allylic oxidation sites excluding steroid dienone is 1. The molecule has 35 heavy (non-hydrogen) atoms. The van der Waals surface area contributed by atoms with Gasteiger partial charge in [-0.2, -0.15) is 0 Å². The normalized spacial score (nSPS) is 13.9. The van der Waals surface area contributed by atoms with Crippen LogP contribution in [0.1, 0.15) is 81.3 Å². The molecule has 0 aliphatic heterocycles. The van der Waals surface area contributed by atoms with E-state index < -0.39 is 0 Å². The molecular formula is C30H35NO4. The van der Waals surface area contributed by atoms with Crippen LogP contribution in [0.3, 0.4) is 0 Å². The molecule has 1 aliphatic carbocycles. The highest BCUT2D eigenvalue weighted by Crippen LogP contribution is 2.33. The van der Waals surface area contributed by atoms with Crippen LogP contribution in [-0.2, 0) is 14.3 Å². The molecule has 4 rings (SSSR count). The summed E-state index contributed by atoms with van der Waals surface area (Å²) in [6.45, 7) is 6.58. The van der Waals surface area contributed by atoms with Crippen molar-refractivity contribution in [1.82, 2.24) is 4.40 Å². The minimum atomic E-state index is -0.341. The third-order valence-corrected chi connectivity index (χ3v) is 6.88. The second-order valence-corrected chi connectivity index (χ2v) is 9.12. The predicted molar refractivity (Wildman–Crippen MR) is 141 cm³/mol. The van der Waals surface area contributed by atoms with E-state index in [1.807, 2.05) is 31.2 Å². The summed E-state index contributed by atoms with van der Waals surface area (Å²) in [5.41, 5.74) is 3.45. The molecule has 2 heterocycles. The Kier molecular flexibility index (Phi) is 7.74. The number of pyridine rings is 1. The van der Waals surface area contributed by atoms with E-state index in [0.717, 1.165) is 59.0 Å². The molecule has 0 radical (unpaired) electrons. The van der Waals surface area contributed by atoms with Gasteiger partial charge in [-0.25, -0.2) is 9.59 Å². The van der Waals surface area contributed by atoms with Crippen molar-refractivity contribution in [2.24, 2.45) is 0 Å². The van der Waals surface area contributed by atoms with Gasteiger partial charge in [0.05, 0.1) is 24.6 Å². The molecule has 0 saturated carbocycles. The van der Waals surface area contributed by atoms with Crippen LogP contribution in [0.5, 0.6) is 0 Å². The average Bonchev–Trinajstić information content (AvgIpc) is 3.04. The van der Waals surface area contributed by atoms with Crippen molar-refractivity contribution in [3.8, 4) is 0 Å². The SMILES string of the molecule is CCCCC(CCC)c1c2c(n3c(C(=O)OCC)cc4ccccc4c13)=CCC(C(=O)OC)=CC=2. The molecule has 0 saturated heterocycles. The van der Waals surface area contributed by atoms with Gasteiger partial charge in [-0.05, 0) is 49.1 Å². The number of carbonyl (C=O) groups excluding carboxylic acids is 2. The first-order chi connectivity index (χ1) is 17.0. The Bertz CT molecular complexity index is 1410. The van der Waals surface area contributed by atoms with Crippen molar-refractivity contribution >= 4 is 40.4 Å². The molecule has 1 unspecified atom stereocenters. The number of ether oxygens (including phenoxy) is 2. The number of methoxy groups -OCH3 is 1. The van der Waals surface area contributed by atoms with Gasteiger partial charge in [-0.15, -0.1) is 0 Å². The molecule has 0 N–H and O–H groups in total. The fourth-order valence-corrected chi connectivity index (χ4v) is 5.31. The Hall–Kier alpha value is -3.34. The largest absolute Gasteiger partial charge is 0.466 e. The number of fused-ring (bicyclic) bond motifs is 5. The van der Waals surface area contributed by atoms with Crippen molar-refractivity contribution < 1.29 is 19.1 Å². The first-order valence-electron chi connectivity index (χ1n) is 12.8. The van der Waals surface area contributed by atoms with E-state index >= 15 is 0 Å². The van der Waals surface area contributed by atoms with Crippen molar-refractivity contribution in [1.29, 1.82) is 0 Å². The van der Waals surface area contributed by atoms with Gasteiger partial charge in [-0.3, -0.25) is 0 Å². The monoisotopic (exact) mass is 473 g/mol. The summed E-state index contributed by atoms with van der Waals surface area (Å²) >= 11 is 0. The van der Waals surface area contributed by atoms with E-state index in [-0.39, 0.29) is 11.9 Å². The zero-order valence-corrected chi connectivity index (χ0v) is 21.2. The van der Waals surface area contributed by atoms with Crippen LogP contribution in [0.25, 0.3) is 28.4 Å². The van der Waals surface area contributed by atoms with Crippen molar-refractivity contribution in [2.45, 2.75) is 65.2 Å². The predicted octanol–water partition coefficient (Wildman–Crippen LogP) is 5.41. The molecule has 0 fully saturated rings. The number of benzene rings is 1. The fourth-order valence-electron chi connectivity index (χ4n) is 5.31. The second kappa shape index (κ2) is 10.9. The minimum Gasteiger partial charge on any atom is -0.466 e. The van der Waals surface area contributed by atoms with Crippen LogP contribution in [0.4, 0.5) is 0 Å². The molecule has 1 aromatic carbocycles. The third-order valence-electron chi connectivity index (χ3n) is 6.88. The van der Waals surface area contributed by atoms with E-state index in [9.17, 15) is 9.59 Å². The van der Waals surface area contributed by atoms with Gasteiger partial charge in [0.15, 0.2) is 0 Å². The fraction of sp³-hybridized carbons (Fsp3) is 0.400. The maximum absolute atomic E-state index is 13.2. The van der Waals surface area contributed by atoms with Crippen molar-refractivity contribution in [3.05, 3.63) is 63.8 Å². The average molecular weight is 474 g/mol. The summed E-state index contributed by atoms with van der Waals surface area (Å²) in [4.78, 5) is 25.6. The van der Waals surface area contributed by atoms with Crippen LogP contribution in [-0.4, -0.2) is 30.1 Å². The maximum Gasteiger partial charge on any atom is 0.355 e. The molecule has 5 nitrogen and oxygen atoms in total. The van der Waals surface area contributed by atoms with Crippen molar-refractivity contribution in [3.63, 3.8) is 0 Å². The Morgan fingerprint density at radius 2 is 1.83 bits per heavy atom. The number of hydrogen-bond acceptors (Lipinski definition) is 4. The van der Waals surface area contributed by atoms with Gasteiger partial charge in [0.2, 0.25) is 0 Å². The van der Waals surface area contributed by atoms with E-state index in [1.54, 1.807) is 0 Å². The number of hydrogen-bond donors (Lipinski definition) is 0. The summed E-state index contributed by atoms with van der Waals surface area (Å²) in [7, 11) is 1.41. The number of unbranched alkanes of at least 4 members (excludes halogenated alkanes) is 1. The van der Waals surface area contributed by atoms with E-state index in [0.29, 0.717) is 30.2 Å². The zero-order valence-electron chi connectivity index (χ0n) is 21.2. The van der Waals surface area contributed by atoms with E-state index in [1.165, 1.54) is 12.7 Å². The van der Waals surface area contributed by atoms with Crippen LogP contribution in [0, 0.1) is 0 Å². The molecule has 184 valence electrons. The van der Waals surface area contributed by atoms with Crippen LogP contribution in [0.2, 0.25) is 0 Å². The lowest BCUT2D eigenvalue weighted by atomic mass is 9.88. The number of esters is 2. The lowest BCUT2D eigenvalue weighted by molar-refractivity contribution is -0.136. The van der Waals surface area contributed by atoms with E-state index in [2.05, 4.69) is 42.5 Å². The van der Waals surface area contributed by atoms with Crippen LogP contribution >= 0.6 is 0 Å². The highest BCUT2D eigenvalue weighted by Gasteiger charge is 2.25. The van der Waals surface area contributed by atoms with Gasteiger partial charge in [0.25, 0.3) is 0 Å². The third kappa shape index (κ3) is 4.64. The van der Waals surface area contributed by atoms with Crippen LogP contribution < -0.4 is 10.6 Å². The van der Waals surface area contributed by atoms with Gasteiger partial charge in [-0.1, -0.05) is 75.6 Å². The van der Waals surface area contributed by atoms with Gasteiger partial charge >= 0.3 is 11.9 Å². The molecule has 0 bridgehead atoms. The minimum absolute atomic E-state index is 0.308. The summed E-state index contributed by atoms with van der Waals surface area (Å²) in [5.74, 6) is -0.324. The second-order valence-electron chi connectivity index (χ2n) is 9.12. The Labute approximate surface area is 206 Å². The Balaban J connectivity index is 2.18. The van der Waals surface area contributed by atoms with Crippen molar-refractivity contribution in [2.75, 3.05) is 13.7 Å². The summed E-state index contributed by atoms with van der Waals surface area (Å²) in [6.07, 6.45) is 11.9.